The monoisotopic (exact) mass is 249 g/mol. The van der Waals surface area contributed by atoms with Gasteiger partial charge in [-0.1, -0.05) is 45.4 Å². The van der Waals surface area contributed by atoms with Gasteiger partial charge in [0, 0.05) is 6.04 Å². The van der Waals surface area contributed by atoms with E-state index in [1.165, 1.54) is 11.1 Å². The number of benzene rings is 1. The maximum Gasteiger partial charge on any atom is 0.123 e. The highest BCUT2D eigenvalue weighted by Crippen LogP contribution is 2.32. The summed E-state index contributed by atoms with van der Waals surface area (Å²) in [7, 11) is 0. The Morgan fingerprint density at radius 1 is 1.28 bits per heavy atom. The van der Waals surface area contributed by atoms with E-state index < -0.39 is 0 Å². The highest BCUT2D eigenvalue weighted by molar-refractivity contribution is 5.41. The highest BCUT2D eigenvalue weighted by atomic mass is 16.5. The Morgan fingerprint density at radius 2 is 1.94 bits per heavy atom. The van der Waals surface area contributed by atoms with E-state index in [9.17, 15) is 0 Å². The average molecular weight is 249 g/mol. The van der Waals surface area contributed by atoms with Crippen molar-refractivity contribution in [3.63, 3.8) is 0 Å². The predicted octanol–water partition coefficient (Wildman–Crippen LogP) is 3.67. The van der Waals surface area contributed by atoms with Crippen molar-refractivity contribution in [2.75, 3.05) is 13.2 Å². The number of aryl methyl sites for hydroxylation is 1. The number of likely N-dealkylation sites (N-methyl/N-ethyl adjacent to an activating group) is 1. The lowest BCUT2D eigenvalue weighted by molar-refractivity contribution is 0.269. The normalized spacial score (nSPS) is 13.4. The Hall–Kier alpha value is -1.02. The molecule has 0 bridgehead atoms. The van der Waals surface area contributed by atoms with Gasteiger partial charge < -0.3 is 10.1 Å². The molecule has 0 amide bonds. The first-order valence-electron chi connectivity index (χ1n) is 6.82. The second-order valence-electron chi connectivity index (χ2n) is 6.02. The fraction of sp³-hybridized carbons (Fsp3) is 0.625. The molecule has 0 saturated carbocycles. The lowest BCUT2D eigenvalue weighted by Gasteiger charge is -2.24. The summed E-state index contributed by atoms with van der Waals surface area (Å²) in [5, 5.41) is 3.36. The van der Waals surface area contributed by atoms with Gasteiger partial charge in [-0.25, -0.2) is 0 Å². The molecule has 0 aliphatic rings. The quantitative estimate of drug-likeness (QED) is 0.859. The van der Waals surface area contributed by atoms with Crippen LogP contribution in [0.2, 0.25) is 0 Å². The summed E-state index contributed by atoms with van der Waals surface area (Å²) in [6.45, 7) is 14.7. The molecule has 1 atom stereocenters. The Morgan fingerprint density at radius 3 is 2.50 bits per heavy atom. The summed E-state index contributed by atoms with van der Waals surface area (Å²) in [5.41, 5.74) is 2.68. The van der Waals surface area contributed by atoms with E-state index >= 15 is 0 Å². The third-order valence-corrected chi connectivity index (χ3v) is 2.98. The van der Waals surface area contributed by atoms with Crippen molar-refractivity contribution in [2.45, 2.75) is 53.0 Å². The molecule has 0 heterocycles. The number of ether oxygens (including phenoxy) is 1. The van der Waals surface area contributed by atoms with Crippen molar-refractivity contribution in [3.05, 3.63) is 29.3 Å². The van der Waals surface area contributed by atoms with Gasteiger partial charge in [0.15, 0.2) is 0 Å². The molecule has 1 aromatic rings. The third-order valence-electron chi connectivity index (χ3n) is 2.98. The van der Waals surface area contributed by atoms with Gasteiger partial charge >= 0.3 is 0 Å². The summed E-state index contributed by atoms with van der Waals surface area (Å²) in [6, 6.07) is 6.81. The van der Waals surface area contributed by atoms with Crippen molar-refractivity contribution in [1.82, 2.24) is 5.32 Å². The molecule has 0 aromatic heterocycles. The second-order valence-corrected chi connectivity index (χ2v) is 6.02. The van der Waals surface area contributed by atoms with Crippen LogP contribution >= 0.6 is 0 Å². The van der Waals surface area contributed by atoms with Crippen LogP contribution in [0, 0.1) is 6.92 Å². The zero-order valence-electron chi connectivity index (χ0n) is 12.6. The number of hydrogen-bond donors (Lipinski definition) is 1. The molecule has 0 radical (unpaired) electrons. The average Bonchev–Trinajstić information content (AvgIpc) is 2.26. The van der Waals surface area contributed by atoms with Crippen LogP contribution < -0.4 is 10.1 Å². The second kappa shape index (κ2) is 6.24. The van der Waals surface area contributed by atoms with Crippen molar-refractivity contribution >= 4 is 0 Å². The molecule has 0 spiro atoms. The number of rotatable bonds is 5. The fourth-order valence-electron chi connectivity index (χ4n) is 1.98. The van der Waals surface area contributed by atoms with E-state index in [1.54, 1.807) is 0 Å². The van der Waals surface area contributed by atoms with Gasteiger partial charge in [0.05, 0.1) is 0 Å². The van der Waals surface area contributed by atoms with Crippen molar-refractivity contribution in [3.8, 4) is 5.75 Å². The van der Waals surface area contributed by atoms with Crippen LogP contribution in [0.1, 0.15) is 45.7 Å². The van der Waals surface area contributed by atoms with E-state index in [0.717, 1.165) is 12.3 Å². The summed E-state index contributed by atoms with van der Waals surface area (Å²) in [4.78, 5) is 0. The zero-order chi connectivity index (χ0) is 13.8. The molecule has 0 aliphatic carbocycles. The van der Waals surface area contributed by atoms with Crippen LogP contribution in [0.25, 0.3) is 0 Å². The van der Waals surface area contributed by atoms with Crippen molar-refractivity contribution in [1.29, 1.82) is 0 Å². The summed E-state index contributed by atoms with van der Waals surface area (Å²) in [6.07, 6.45) is 0. The lowest BCUT2D eigenvalue weighted by atomic mass is 9.85. The molecule has 0 saturated heterocycles. The van der Waals surface area contributed by atoms with E-state index in [4.69, 9.17) is 4.74 Å². The smallest absolute Gasteiger partial charge is 0.123 e. The highest BCUT2D eigenvalue weighted by Gasteiger charge is 2.19. The van der Waals surface area contributed by atoms with Gasteiger partial charge in [-0.2, -0.15) is 0 Å². The first-order chi connectivity index (χ1) is 8.34. The van der Waals surface area contributed by atoms with Gasteiger partial charge in [0.25, 0.3) is 0 Å². The van der Waals surface area contributed by atoms with Crippen LogP contribution in [-0.2, 0) is 5.41 Å². The first-order valence-corrected chi connectivity index (χ1v) is 6.82. The standard InChI is InChI=1S/C16H27NO/c1-7-17-13(3)11-18-15-9-8-12(2)10-14(15)16(4,5)6/h8-10,13,17H,7,11H2,1-6H3. The van der Waals surface area contributed by atoms with Crippen molar-refractivity contribution in [2.24, 2.45) is 0 Å². The molecule has 18 heavy (non-hydrogen) atoms. The van der Waals surface area contributed by atoms with Crippen LogP contribution in [-0.4, -0.2) is 19.2 Å². The first kappa shape index (κ1) is 15.0. The number of hydrogen-bond acceptors (Lipinski definition) is 2. The SMILES string of the molecule is CCNC(C)COc1ccc(C)cc1C(C)(C)C. The zero-order valence-corrected chi connectivity index (χ0v) is 12.6. The van der Waals surface area contributed by atoms with Gasteiger partial charge in [-0.3, -0.25) is 0 Å². The van der Waals surface area contributed by atoms with E-state index in [-0.39, 0.29) is 5.41 Å². The molecule has 1 unspecified atom stereocenters. The maximum absolute atomic E-state index is 5.97. The van der Waals surface area contributed by atoms with Crippen LogP contribution in [0.4, 0.5) is 0 Å². The molecule has 2 nitrogen and oxygen atoms in total. The van der Waals surface area contributed by atoms with Gasteiger partial charge in [0.1, 0.15) is 12.4 Å². The molecule has 1 aromatic carbocycles. The molecule has 0 fully saturated rings. The van der Waals surface area contributed by atoms with E-state index in [0.29, 0.717) is 12.6 Å². The maximum atomic E-state index is 5.97. The third kappa shape index (κ3) is 4.34. The summed E-state index contributed by atoms with van der Waals surface area (Å²) < 4.78 is 5.97. The van der Waals surface area contributed by atoms with Crippen LogP contribution in [0.5, 0.6) is 5.75 Å². The van der Waals surface area contributed by atoms with E-state index in [1.807, 2.05) is 0 Å². The minimum absolute atomic E-state index is 0.114. The molecule has 1 rings (SSSR count). The topological polar surface area (TPSA) is 21.3 Å². The molecule has 102 valence electrons. The van der Waals surface area contributed by atoms with Crippen LogP contribution in [0.15, 0.2) is 18.2 Å². The molecule has 0 aliphatic heterocycles. The largest absolute Gasteiger partial charge is 0.492 e. The van der Waals surface area contributed by atoms with Gasteiger partial charge in [-0.05, 0) is 37.4 Å². The van der Waals surface area contributed by atoms with Gasteiger partial charge in [0.2, 0.25) is 0 Å². The minimum atomic E-state index is 0.114. The Bertz CT molecular complexity index is 379. The lowest BCUT2D eigenvalue weighted by Crippen LogP contribution is -2.31. The minimum Gasteiger partial charge on any atom is -0.492 e. The predicted molar refractivity (Wildman–Crippen MR) is 78.5 cm³/mol. The summed E-state index contributed by atoms with van der Waals surface area (Å²) >= 11 is 0. The Kier molecular flexibility index (Phi) is 5.21. The van der Waals surface area contributed by atoms with E-state index in [2.05, 4.69) is 65.1 Å². The van der Waals surface area contributed by atoms with Crippen LogP contribution in [0.3, 0.4) is 0 Å². The Balaban J connectivity index is 2.82. The summed E-state index contributed by atoms with van der Waals surface area (Å²) in [5.74, 6) is 1.01. The van der Waals surface area contributed by atoms with Gasteiger partial charge in [-0.15, -0.1) is 0 Å². The molecule has 1 N–H and O–H groups in total. The molecular weight excluding hydrogens is 222 g/mol. The fourth-order valence-corrected chi connectivity index (χ4v) is 1.98. The molecule has 2 heteroatoms. The molecular formula is C16H27NO. The van der Waals surface area contributed by atoms with Crippen molar-refractivity contribution < 1.29 is 4.74 Å². The number of nitrogens with one attached hydrogen (secondary N) is 1. The Labute approximate surface area is 112 Å².